The van der Waals surface area contributed by atoms with E-state index >= 15 is 0 Å². The van der Waals surface area contributed by atoms with E-state index in [1.807, 2.05) is 49.4 Å². The first kappa shape index (κ1) is 17.4. The minimum Gasteiger partial charge on any atom is -0.493 e. The Morgan fingerprint density at radius 3 is 2.69 bits per heavy atom. The number of para-hydroxylation sites is 1. The van der Waals surface area contributed by atoms with Gasteiger partial charge in [0.1, 0.15) is 5.52 Å². The molecule has 0 unspecified atom stereocenters. The molecule has 0 spiro atoms. The summed E-state index contributed by atoms with van der Waals surface area (Å²) in [5.41, 5.74) is 1.93. The quantitative estimate of drug-likeness (QED) is 0.475. The molecule has 6 nitrogen and oxygen atoms in total. The average Bonchev–Trinajstić information content (AvgIpc) is 2.66. The number of ether oxygens (including phenoxy) is 2. The van der Waals surface area contributed by atoms with Crippen molar-refractivity contribution < 1.29 is 14.4 Å². The molecule has 0 N–H and O–H groups in total. The van der Waals surface area contributed by atoms with Gasteiger partial charge in [-0.25, -0.2) is 4.98 Å². The van der Waals surface area contributed by atoms with Crippen LogP contribution in [0.15, 0.2) is 48.5 Å². The van der Waals surface area contributed by atoms with Gasteiger partial charge in [-0.3, -0.25) is 10.1 Å². The summed E-state index contributed by atoms with van der Waals surface area (Å²) in [4.78, 5) is 15.2. The lowest BCUT2D eigenvalue weighted by Gasteiger charge is -2.09. The Labute approximate surface area is 150 Å². The van der Waals surface area contributed by atoms with E-state index in [2.05, 4.69) is 4.98 Å². The lowest BCUT2D eigenvalue weighted by molar-refractivity contribution is -0.383. The van der Waals surface area contributed by atoms with Crippen LogP contribution in [0.3, 0.4) is 0 Å². The Balaban J connectivity index is 1.94. The Kier molecular flexibility index (Phi) is 5.12. The summed E-state index contributed by atoms with van der Waals surface area (Å²) >= 11 is 0. The molecule has 0 saturated carbocycles. The van der Waals surface area contributed by atoms with Crippen LogP contribution in [0.5, 0.6) is 11.5 Å². The third-order valence-electron chi connectivity index (χ3n) is 3.85. The number of non-ortho nitro benzene ring substituents is 1. The highest BCUT2D eigenvalue weighted by atomic mass is 16.6. The summed E-state index contributed by atoms with van der Waals surface area (Å²) in [7, 11) is 1.60. The molecule has 0 aliphatic carbocycles. The minimum atomic E-state index is -0.416. The monoisotopic (exact) mass is 350 g/mol. The fourth-order valence-corrected chi connectivity index (χ4v) is 2.63. The van der Waals surface area contributed by atoms with Gasteiger partial charge in [0.2, 0.25) is 0 Å². The molecule has 132 valence electrons. The van der Waals surface area contributed by atoms with E-state index in [1.165, 1.54) is 6.07 Å². The van der Waals surface area contributed by atoms with E-state index in [-0.39, 0.29) is 5.69 Å². The van der Waals surface area contributed by atoms with Gasteiger partial charge in [0.25, 0.3) is 5.69 Å². The number of rotatable bonds is 6. The van der Waals surface area contributed by atoms with E-state index in [9.17, 15) is 10.1 Å². The first-order valence-corrected chi connectivity index (χ1v) is 8.15. The summed E-state index contributed by atoms with van der Waals surface area (Å²) in [6.07, 6.45) is 3.69. The van der Waals surface area contributed by atoms with Crippen LogP contribution in [0, 0.1) is 10.1 Å². The van der Waals surface area contributed by atoms with Crippen molar-refractivity contribution >= 4 is 28.7 Å². The number of benzene rings is 2. The highest BCUT2D eigenvalue weighted by Crippen LogP contribution is 2.29. The molecule has 0 bridgehead atoms. The number of fused-ring (bicyclic) bond motifs is 1. The molecule has 0 aliphatic heterocycles. The largest absolute Gasteiger partial charge is 0.493 e. The topological polar surface area (TPSA) is 74.5 Å². The van der Waals surface area contributed by atoms with E-state index in [0.29, 0.717) is 29.3 Å². The van der Waals surface area contributed by atoms with Gasteiger partial charge in [-0.2, -0.15) is 0 Å². The number of aromatic nitrogens is 1. The molecule has 0 fully saturated rings. The molecule has 1 heterocycles. The molecular weight excluding hydrogens is 332 g/mol. The Bertz CT molecular complexity index is 983. The van der Waals surface area contributed by atoms with Crippen molar-refractivity contribution in [2.75, 3.05) is 13.7 Å². The molecular formula is C20H18N2O4. The van der Waals surface area contributed by atoms with Crippen molar-refractivity contribution in [3.05, 3.63) is 69.9 Å². The molecule has 0 aliphatic rings. The first-order valence-electron chi connectivity index (χ1n) is 8.15. The van der Waals surface area contributed by atoms with E-state index in [4.69, 9.17) is 9.47 Å². The molecule has 1 aromatic heterocycles. The van der Waals surface area contributed by atoms with Crippen molar-refractivity contribution in [1.29, 1.82) is 0 Å². The number of hydrogen-bond donors (Lipinski definition) is 0. The van der Waals surface area contributed by atoms with Crippen molar-refractivity contribution in [3.8, 4) is 11.5 Å². The molecule has 0 atom stereocenters. The lowest BCUT2D eigenvalue weighted by atomic mass is 10.1. The SMILES string of the molecule is CCOc1cc(C=Cc2ccc3cccc([N+](=O)[O-])c3n2)ccc1OC. The smallest absolute Gasteiger partial charge is 0.295 e. The normalized spacial score (nSPS) is 11.0. The maximum absolute atomic E-state index is 11.2. The highest BCUT2D eigenvalue weighted by Gasteiger charge is 2.12. The number of nitro benzene ring substituents is 1. The van der Waals surface area contributed by atoms with Gasteiger partial charge in [-0.1, -0.05) is 30.3 Å². The number of pyridine rings is 1. The summed E-state index contributed by atoms with van der Waals surface area (Å²) in [5.74, 6) is 1.34. The molecule has 6 heteroatoms. The Morgan fingerprint density at radius 2 is 1.96 bits per heavy atom. The predicted molar refractivity (Wildman–Crippen MR) is 101 cm³/mol. The standard InChI is InChI=1S/C20H18N2O4/c1-3-26-19-13-14(8-12-18(19)25-2)7-10-16-11-9-15-5-4-6-17(22(23)24)20(15)21-16/h4-13H,3H2,1-2H3. The van der Waals surface area contributed by atoms with Crippen LogP contribution in [-0.4, -0.2) is 23.6 Å². The van der Waals surface area contributed by atoms with Crippen LogP contribution < -0.4 is 9.47 Å². The van der Waals surface area contributed by atoms with Crippen LogP contribution in [0.1, 0.15) is 18.2 Å². The van der Waals surface area contributed by atoms with Crippen LogP contribution >= 0.6 is 0 Å². The minimum absolute atomic E-state index is 0.000768. The molecule has 3 rings (SSSR count). The summed E-state index contributed by atoms with van der Waals surface area (Å²) in [6, 6.07) is 14.2. The number of nitrogens with zero attached hydrogens (tertiary/aromatic N) is 2. The summed E-state index contributed by atoms with van der Waals surface area (Å²) in [5, 5.41) is 11.9. The fraction of sp³-hybridized carbons (Fsp3) is 0.150. The van der Waals surface area contributed by atoms with Crippen molar-refractivity contribution in [2.45, 2.75) is 6.92 Å². The summed E-state index contributed by atoms with van der Waals surface area (Å²) < 4.78 is 10.8. The van der Waals surface area contributed by atoms with E-state index in [1.54, 1.807) is 19.2 Å². The van der Waals surface area contributed by atoms with Crippen molar-refractivity contribution in [2.24, 2.45) is 0 Å². The molecule has 0 amide bonds. The molecule has 0 radical (unpaired) electrons. The highest BCUT2D eigenvalue weighted by molar-refractivity contribution is 5.88. The zero-order chi connectivity index (χ0) is 18.5. The molecule has 3 aromatic rings. The average molecular weight is 350 g/mol. The van der Waals surface area contributed by atoms with Crippen LogP contribution in [0.25, 0.3) is 23.1 Å². The van der Waals surface area contributed by atoms with Gasteiger partial charge in [0.05, 0.1) is 24.3 Å². The fourth-order valence-electron chi connectivity index (χ4n) is 2.63. The summed E-state index contributed by atoms with van der Waals surface area (Å²) in [6.45, 7) is 2.45. The second kappa shape index (κ2) is 7.65. The van der Waals surface area contributed by atoms with Crippen LogP contribution in [0.2, 0.25) is 0 Å². The van der Waals surface area contributed by atoms with Crippen molar-refractivity contribution in [3.63, 3.8) is 0 Å². The second-order valence-corrected chi connectivity index (χ2v) is 5.52. The Morgan fingerprint density at radius 1 is 1.12 bits per heavy atom. The lowest BCUT2D eigenvalue weighted by Crippen LogP contribution is -1.95. The third-order valence-corrected chi connectivity index (χ3v) is 3.85. The van der Waals surface area contributed by atoms with Gasteiger partial charge in [0.15, 0.2) is 11.5 Å². The second-order valence-electron chi connectivity index (χ2n) is 5.52. The van der Waals surface area contributed by atoms with Crippen LogP contribution in [-0.2, 0) is 0 Å². The molecule has 26 heavy (non-hydrogen) atoms. The number of nitro groups is 1. The van der Waals surface area contributed by atoms with Gasteiger partial charge in [-0.05, 0) is 36.8 Å². The maximum atomic E-state index is 11.2. The van der Waals surface area contributed by atoms with Crippen molar-refractivity contribution in [1.82, 2.24) is 4.98 Å². The van der Waals surface area contributed by atoms with E-state index in [0.717, 1.165) is 10.9 Å². The molecule has 0 saturated heterocycles. The van der Waals surface area contributed by atoms with E-state index < -0.39 is 4.92 Å². The third kappa shape index (κ3) is 3.64. The zero-order valence-electron chi connectivity index (χ0n) is 14.5. The number of methoxy groups -OCH3 is 1. The maximum Gasteiger partial charge on any atom is 0.295 e. The first-order chi connectivity index (χ1) is 12.6. The number of hydrogen-bond acceptors (Lipinski definition) is 5. The van der Waals surface area contributed by atoms with Gasteiger partial charge < -0.3 is 9.47 Å². The Hall–Kier alpha value is -3.41. The van der Waals surface area contributed by atoms with Gasteiger partial charge >= 0.3 is 0 Å². The van der Waals surface area contributed by atoms with Crippen LogP contribution in [0.4, 0.5) is 5.69 Å². The zero-order valence-corrected chi connectivity index (χ0v) is 14.5. The predicted octanol–water partition coefficient (Wildman–Crippen LogP) is 4.72. The molecule has 2 aromatic carbocycles. The van der Waals surface area contributed by atoms with Gasteiger partial charge in [0, 0.05) is 11.5 Å². The van der Waals surface area contributed by atoms with Gasteiger partial charge in [-0.15, -0.1) is 0 Å².